The molecule has 2 aliphatic rings. The van der Waals surface area contributed by atoms with Gasteiger partial charge in [0, 0.05) is 23.7 Å². The van der Waals surface area contributed by atoms with Gasteiger partial charge in [-0.1, -0.05) is 12.1 Å². The Balaban J connectivity index is 1.35. The molecule has 2 fully saturated rings. The normalized spacial score (nSPS) is 25.6. The number of hydrogen-bond acceptors (Lipinski definition) is 5. The van der Waals surface area contributed by atoms with Crippen molar-refractivity contribution in [2.45, 2.75) is 31.4 Å². The number of amides is 1. The van der Waals surface area contributed by atoms with E-state index in [0.29, 0.717) is 38.0 Å². The number of carbonyl (C=O) groups excluding carboxylic acids is 1. The first-order chi connectivity index (χ1) is 12.3. The molecule has 1 amide bonds. The van der Waals surface area contributed by atoms with Gasteiger partial charge >= 0.3 is 0 Å². The molecule has 0 aromatic carbocycles. The number of morpholine rings is 1. The Morgan fingerprint density at radius 3 is 3.08 bits per heavy atom. The maximum absolute atomic E-state index is 12.7. The summed E-state index contributed by atoms with van der Waals surface area (Å²) in [7, 11) is 0. The Hall–Kier alpha value is -1.92. The number of hydrogen-bond donors (Lipinski definition) is 0. The Kier molecular flexibility index (Phi) is 4.99. The first-order valence-electron chi connectivity index (χ1n) is 8.77. The van der Waals surface area contributed by atoms with Crippen molar-refractivity contribution in [3.63, 3.8) is 0 Å². The zero-order valence-corrected chi connectivity index (χ0v) is 14.9. The average molecular weight is 358 g/mol. The van der Waals surface area contributed by atoms with Crippen molar-refractivity contribution in [3.05, 3.63) is 46.8 Å². The molecule has 1 aliphatic carbocycles. The maximum atomic E-state index is 12.7. The molecule has 0 unspecified atom stereocenters. The van der Waals surface area contributed by atoms with Crippen molar-refractivity contribution in [1.29, 1.82) is 0 Å². The minimum Gasteiger partial charge on any atom is -0.477 e. The first kappa shape index (κ1) is 16.5. The molecule has 2 aromatic heterocycles. The van der Waals surface area contributed by atoms with E-state index in [1.807, 2.05) is 40.6 Å². The van der Waals surface area contributed by atoms with Gasteiger partial charge in [-0.25, -0.2) is 4.98 Å². The number of thiophene rings is 1. The molecule has 25 heavy (non-hydrogen) atoms. The van der Waals surface area contributed by atoms with Crippen LogP contribution >= 0.6 is 11.3 Å². The van der Waals surface area contributed by atoms with E-state index in [0.717, 1.165) is 17.7 Å². The van der Waals surface area contributed by atoms with E-state index in [9.17, 15) is 4.79 Å². The van der Waals surface area contributed by atoms with Crippen molar-refractivity contribution >= 4 is 17.2 Å². The molecule has 0 spiro atoms. The lowest BCUT2D eigenvalue weighted by atomic mass is 10.1. The molecule has 0 bridgehead atoms. The highest BCUT2D eigenvalue weighted by Crippen LogP contribution is 2.35. The SMILES string of the molecule is O=C(Cc1cccs1)N1CCO[C@@H]2C[C@@H](COc3ccccn3)C[C@H]21. The second kappa shape index (κ2) is 7.54. The molecule has 6 heteroatoms. The number of pyridine rings is 1. The molecular formula is C19H22N2O3S. The monoisotopic (exact) mass is 358 g/mol. The molecule has 5 nitrogen and oxygen atoms in total. The van der Waals surface area contributed by atoms with Crippen LogP contribution in [-0.4, -0.2) is 47.7 Å². The van der Waals surface area contributed by atoms with Gasteiger partial charge in [0.05, 0.1) is 31.8 Å². The molecule has 0 radical (unpaired) electrons. The minimum absolute atomic E-state index is 0.137. The summed E-state index contributed by atoms with van der Waals surface area (Å²) in [6.07, 6.45) is 4.25. The summed E-state index contributed by atoms with van der Waals surface area (Å²) in [6.45, 7) is 1.95. The lowest BCUT2D eigenvalue weighted by molar-refractivity contribution is -0.143. The van der Waals surface area contributed by atoms with Crippen molar-refractivity contribution in [3.8, 4) is 5.88 Å². The lowest BCUT2D eigenvalue weighted by Crippen LogP contribution is -2.51. The smallest absolute Gasteiger partial charge is 0.228 e. The Morgan fingerprint density at radius 1 is 1.32 bits per heavy atom. The van der Waals surface area contributed by atoms with Crippen LogP contribution in [-0.2, 0) is 16.0 Å². The second-order valence-corrected chi connectivity index (χ2v) is 7.67. The summed E-state index contributed by atoms with van der Waals surface area (Å²) in [4.78, 5) is 20.1. The highest BCUT2D eigenvalue weighted by atomic mass is 32.1. The van der Waals surface area contributed by atoms with Gasteiger partial charge in [-0.2, -0.15) is 0 Å². The van der Waals surface area contributed by atoms with Crippen LogP contribution in [0.15, 0.2) is 41.9 Å². The average Bonchev–Trinajstić information content (AvgIpc) is 3.29. The molecule has 2 aromatic rings. The first-order valence-corrected chi connectivity index (χ1v) is 9.65. The second-order valence-electron chi connectivity index (χ2n) is 6.64. The molecule has 3 atom stereocenters. The summed E-state index contributed by atoms with van der Waals surface area (Å²) in [5.74, 6) is 1.27. The van der Waals surface area contributed by atoms with Crippen LogP contribution in [0.1, 0.15) is 17.7 Å². The molecule has 4 rings (SSSR count). The summed E-state index contributed by atoms with van der Waals surface area (Å²) >= 11 is 1.64. The summed E-state index contributed by atoms with van der Waals surface area (Å²) in [5.41, 5.74) is 0. The van der Waals surface area contributed by atoms with E-state index < -0.39 is 0 Å². The van der Waals surface area contributed by atoms with E-state index in [2.05, 4.69) is 4.98 Å². The number of carbonyl (C=O) groups is 1. The third-order valence-electron chi connectivity index (χ3n) is 4.96. The molecule has 1 saturated carbocycles. The van der Waals surface area contributed by atoms with Gasteiger partial charge < -0.3 is 14.4 Å². The quantitative estimate of drug-likeness (QED) is 0.825. The van der Waals surface area contributed by atoms with Gasteiger partial charge in [0.2, 0.25) is 11.8 Å². The fourth-order valence-electron chi connectivity index (χ4n) is 3.80. The van der Waals surface area contributed by atoms with E-state index in [4.69, 9.17) is 9.47 Å². The van der Waals surface area contributed by atoms with E-state index in [-0.39, 0.29) is 18.1 Å². The van der Waals surface area contributed by atoms with Crippen LogP contribution in [0.3, 0.4) is 0 Å². The van der Waals surface area contributed by atoms with Gasteiger partial charge in [0.15, 0.2) is 0 Å². The summed E-state index contributed by atoms with van der Waals surface area (Å²) in [6, 6.07) is 9.87. The number of rotatable bonds is 5. The van der Waals surface area contributed by atoms with Crippen LogP contribution in [0.4, 0.5) is 0 Å². The van der Waals surface area contributed by atoms with Crippen LogP contribution in [0.2, 0.25) is 0 Å². The van der Waals surface area contributed by atoms with Gasteiger partial charge in [-0.3, -0.25) is 4.79 Å². The Morgan fingerprint density at radius 2 is 2.28 bits per heavy atom. The summed E-state index contributed by atoms with van der Waals surface area (Å²) in [5, 5.41) is 2.02. The maximum Gasteiger partial charge on any atom is 0.228 e. The highest BCUT2D eigenvalue weighted by Gasteiger charge is 2.42. The Bertz CT molecular complexity index is 692. The van der Waals surface area contributed by atoms with E-state index in [1.54, 1.807) is 17.5 Å². The zero-order valence-electron chi connectivity index (χ0n) is 14.0. The third-order valence-corrected chi connectivity index (χ3v) is 5.84. The van der Waals surface area contributed by atoms with Crippen molar-refractivity contribution in [2.75, 3.05) is 19.8 Å². The van der Waals surface area contributed by atoms with Crippen molar-refractivity contribution in [1.82, 2.24) is 9.88 Å². The molecule has 0 N–H and O–H groups in total. The third kappa shape index (κ3) is 3.85. The fraction of sp³-hybridized carbons (Fsp3) is 0.474. The highest BCUT2D eigenvalue weighted by molar-refractivity contribution is 7.10. The standard InChI is InChI=1S/C19H22N2O3S/c22-19(12-15-4-3-9-25-15)21-7-8-23-17-11-14(10-16(17)21)13-24-18-5-1-2-6-20-18/h1-6,9,14,16-17H,7-8,10-13H2/t14-,16+,17+/m0/s1. The largest absolute Gasteiger partial charge is 0.477 e. The molecule has 1 aliphatic heterocycles. The van der Waals surface area contributed by atoms with Gasteiger partial charge in [-0.05, 0) is 36.3 Å². The molecular weight excluding hydrogens is 336 g/mol. The van der Waals surface area contributed by atoms with Gasteiger partial charge in [0.25, 0.3) is 0 Å². The number of ether oxygens (including phenoxy) is 2. The van der Waals surface area contributed by atoms with Gasteiger partial charge in [0.1, 0.15) is 0 Å². The van der Waals surface area contributed by atoms with Crippen LogP contribution < -0.4 is 4.74 Å². The number of fused-ring (bicyclic) bond motifs is 1. The molecule has 1 saturated heterocycles. The molecule has 3 heterocycles. The van der Waals surface area contributed by atoms with Gasteiger partial charge in [-0.15, -0.1) is 11.3 Å². The lowest BCUT2D eigenvalue weighted by Gasteiger charge is -2.37. The minimum atomic E-state index is 0.137. The zero-order chi connectivity index (χ0) is 17.1. The number of aromatic nitrogens is 1. The van der Waals surface area contributed by atoms with Crippen LogP contribution in [0.25, 0.3) is 0 Å². The predicted octanol–water partition coefficient (Wildman–Crippen LogP) is 2.77. The van der Waals surface area contributed by atoms with E-state index in [1.165, 1.54) is 0 Å². The van der Waals surface area contributed by atoms with Crippen molar-refractivity contribution < 1.29 is 14.3 Å². The summed E-state index contributed by atoms with van der Waals surface area (Å²) < 4.78 is 11.7. The topological polar surface area (TPSA) is 51.7 Å². The van der Waals surface area contributed by atoms with Crippen LogP contribution in [0.5, 0.6) is 5.88 Å². The predicted molar refractivity (Wildman–Crippen MR) is 95.7 cm³/mol. The molecule has 132 valence electrons. The number of nitrogens with zero attached hydrogens (tertiary/aromatic N) is 2. The fourth-order valence-corrected chi connectivity index (χ4v) is 4.49. The van der Waals surface area contributed by atoms with Crippen molar-refractivity contribution in [2.24, 2.45) is 5.92 Å². The Labute approximate surface area is 151 Å². The van der Waals surface area contributed by atoms with Crippen LogP contribution in [0, 0.1) is 5.92 Å². The van der Waals surface area contributed by atoms with E-state index >= 15 is 0 Å².